The maximum absolute atomic E-state index is 4.22. The van der Waals surface area contributed by atoms with Crippen molar-refractivity contribution in [3.63, 3.8) is 0 Å². The van der Waals surface area contributed by atoms with Crippen molar-refractivity contribution in [1.82, 2.24) is 0 Å². The van der Waals surface area contributed by atoms with Crippen molar-refractivity contribution in [2.24, 2.45) is 23.2 Å². The first kappa shape index (κ1) is 7.37. The molecule has 12 heavy (non-hydrogen) atoms. The van der Waals surface area contributed by atoms with Crippen LogP contribution in [0.15, 0.2) is 0 Å². The van der Waals surface area contributed by atoms with E-state index in [9.17, 15) is 0 Å². The Hall–Kier alpha value is -0.0400. The van der Waals surface area contributed by atoms with E-state index >= 15 is 0 Å². The van der Waals surface area contributed by atoms with E-state index in [1.807, 2.05) is 0 Å². The normalized spacial score (nSPS) is 56.2. The van der Waals surface area contributed by atoms with Gasteiger partial charge in [-0.1, -0.05) is 6.42 Å². The molecule has 3 fully saturated rings. The maximum atomic E-state index is 4.22. The first-order valence-electron chi connectivity index (χ1n) is 5.66. The molecule has 0 unspecified atom stereocenters. The zero-order valence-electron chi connectivity index (χ0n) is 7.89. The van der Waals surface area contributed by atoms with Crippen LogP contribution >= 0.6 is 0 Å². The maximum Gasteiger partial charge on any atom is 0.0802 e. The van der Waals surface area contributed by atoms with Gasteiger partial charge in [-0.2, -0.15) is 0 Å². The predicted molar refractivity (Wildman–Crippen MR) is 48.4 cm³/mol. The summed E-state index contributed by atoms with van der Waals surface area (Å²) >= 11 is 0. The summed E-state index contributed by atoms with van der Waals surface area (Å²) in [5.74, 6) is 3.32. The van der Waals surface area contributed by atoms with Crippen molar-refractivity contribution in [3.05, 3.63) is 0 Å². The summed E-state index contributed by atoms with van der Waals surface area (Å²) < 4.78 is 0. The topological polar surface area (TPSA) is 27.6 Å². The molecule has 3 saturated carbocycles. The van der Waals surface area contributed by atoms with E-state index < -0.39 is 0 Å². The lowest BCUT2D eigenvalue weighted by molar-refractivity contribution is -0.399. The van der Waals surface area contributed by atoms with Gasteiger partial charge in [0.1, 0.15) is 0 Å². The third-order valence-corrected chi connectivity index (χ3v) is 5.22. The van der Waals surface area contributed by atoms with Gasteiger partial charge in [0.15, 0.2) is 0 Å². The molecule has 1 heteroatoms. The largest absolute Gasteiger partial charge is 0.357 e. The number of hydrogen-bond acceptors (Lipinski definition) is 0. The third kappa shape index (κ3) is 0.654. The Morgan fingerprint density at radius 1 is 1.25 bits per heavy atom. The molecular formula is C11H20N+. The number of rotatable bonds is 1. The minimum absolute atomic E-state index is 0.753. The summed E-state index contributed by atoms with van der Waals surface area (Å²) in [6, 6.07) is 0. The summed E-state index contributed by atoms with van der Waals surface area (Å²) in [6.07, 6.45) is 9.22. The lowest BCUT2D eigenvalue weighted by Crippen LogP contribution is -2.60. The molecular weight excluding hydrogens is 146 g/mol. The summed E-state index contributed by atoms with van der Waals surface area (Å²) in [4.78, 5) is 0. The van der Waals surface area contributed by atoms with E-state index in [0.717, 1.165) is 23.2 Å². The number of hydrogen-bond donors (Lipinski definition) is 1. The second-order valence-corrected chi connectivity index (χ2v) is 5.25. The molecule has 0 radical (unpaired) electrons. The molecule has 3 rings (SSSR count). The minimum Gasteiger partial charge on any atom is -0.357 e. The first-order chi connectivity index (χ1) is 5.87. The van der Waals surface area contributed by atoms with Gasteiger partial charge in [0.25, 0.3) is 0 Å². The van der Waals surface area contributed by atoms with E-state index in [1.165, 1.54) is 32.2 Å². The fraction of sp³-hybridized carbons (Fsp3) is 1.00. The fourth-order valence-electron chi connectivity index (χ4n) is 4.75. The standard InChI is InChI=1S/C11H19N/c12-7-11-5-1-2-10(11)8-3-4-9(11)6-8/h8-10H,1-7,12H2/p+1/t8-,9+,10+,11+/m1/s1. The van der Waals surface area contributed by atoms with Crippen LogP contribution in [0.5, 0.6) is 0 Å². The van der Waals surface area contributed by atoms with E-state index in [1.54, 1.807) is 12.8 Å². The SMILES string of the molecule is [NH3+]C[C@]12CCC[C@H]1[C@@H]1CC[C@H]2C1. The van der Waals surface area contributed by atoms with Crippen LogP contribution < -0.4 is 5.73 Å². The molecule has 3 aliphatic rings. The average Bonchev–Trinajstić information content (AvgIpc) is 2.76. The van der Waals surface area contributed by atoms with Crippen molar-refractivity contribution >= 4 is 0 Å². The number of quaternary nitrogens is 1. The highest BCUT2D eigenvalue weighted by Crippen LogP contribution is 2.65. The Morgan fingerprint density at radius 2 is 2.17 bits per heavy atom. The second-order valence-electron chi connectivity index (χ2n) is 5.25. The van der Waals surface area contributed by atoms with E-state index in [0.29, 0.717) is 0 Å². The summed E-state index contributed by atoms with van der Waals surface area (Å²) in [5, 5.41) is 0. The summed E-state index contributed by atoms with van der Waals surface area (Å²) in [6.45, 7) is 1.23. The minimum atomic E-state index is 0.753. The van der Waals surface area contributed by atoms with Gasteiger partial charge >= 0.3 is 0 Å². The van der Waals surface area contributed by atoms with Gasteiger partial charge < -0.3 is 5.73 Å². The smallest absolute Gasteiger partial charge is 0.0802 e. The Kier molecular flexibility index (Phi) is 1.39. The van der Waals surface area contributed by atoms with Crippen LogP contribution in [0.4, 0.5) is 0 Å². The Morgan fingerprint density at radius 3 is 2.92 bits per heavy atom. The Bertz CT molecular complexity index is 201. The van der Waals surface area contributed by atoms with Crippen LogP contribution in [0.2, 0.25) is 0 Å². The van der Waals surface area contributed by atoms with Gasteiger partial charge in [-0.3, -0.25) is 0 Å². The molecule has 1 nitrogen and oxygen atoms in total. The van der Waals surface area contributed by atoms with Crippen LogP contribution in [-0.4, -0.2) is 6.54 Å². The molecule has 0 saturated heterocycles. The lowest BCUT2D eigenvalue weighted by Gasteiger charge is -2.36. The van der Waals surface area contributed by atoms with Crippen LogP contribution in [0.25, 0.3) is 0 Å². The van der Waals surface area contributed by atoms with Gasteiger partial charge in [-0.05, 0) is 49.9 Å². The van der Waals surface area contributed by atoms with Gasteiger partial charge in [-0.25, -0.2) is 0 Å². The van der Waals surface area contributed by atoms with Gasteiger partial charge in [0.05, 0.1) is 6.54 Å². The number of fused-ring (bicyclic) bond motifs is 5. The quantitative estimate of drug-likeness (QED) is 0.610. The van der Waals surface area contributed by atoms with E-state index in [4.69, 9.17) is 0 Å². The molecule has 0 amide bonds. The molecule has 0 aromatic carbocycles. The van der Waals surface area contributed by atoms with Crippen molar-refractivity contribution in [2.45, 2.75) is 38.5 Å². The molecule has 0 aromatic rings. The molecule has 3 aliphatic carbocycles. The van der Waals surface area contributed by atoms with Crippen molar-refractivity contribution in [3.8, 4) is 0 Å². The highest BCUT2D eigenvalue weighted by atomic mass is 14.7. The molecule has 0 aromatic heterocycles. The molecule has 0 spiro atoms. The highest BCUT2D eigenvalue weighted by molar-refractivity contribution is 5.08. The van der Waals surface area contributed by atoms with Crippen LogP contribution in [-0.2, 0) is 0 Å². The Balaban J connectivity index is 1.98. The summed E-state index contributed by atoms with van der Waals surface area (Å²) in [5.41, 5.74) is 4.97. The molecule has 0 aliphatic heterocycles. The third-order valence-electron chi connectivity index (χ3n) is 5.22. The molecule has 68 valence electrons. The van der Waals surface area contributed by atoms with Crippen LogP contribution in [0.1, 0.15) is 38.5 Å². The van der Waals surface area contributed by atoms with Crippen LogP contribution in [0, 0.1) is 23.2 Å². The molecule has 0 heterocycles. The van der Waals surface area contributed by atoms with Crippen LogP contribution in [0.3, 0.4) is 0 Å². The highest BCUT2D eigenvalue weighted by Gasteiger charge is 2.59. The van der Waals surface area contributed by atoms with Crippen molar-refractivity contribution in [1.29, 1.82) is 0 Å². The zero-order valence-corrected chi connectivity index (χ0v) is 7.89. The Labute approximate surface area is 74.7 Å². The van der Waals surface area contributed by atoms with E-state index in [-0.39, 0.29) is 0 Å². The van der Waals surface area contributed by atoms with Crippen molar-refractivity contribution in [2.75, 3.05) is 6.54 Å². The zero-order chi connectivity index (χ0) is 8.18. The summed E-state index contributed by atoms with van der Waals surface area (Å²) in [7, 11) is 0. The molecule has 2 bridgehead atoms. The monoisotopic (exact) mass is 166 g/mol. The molecule has 3 N–H and O–H groups in total. The van der Waals surface area contributed by atoms with Gasteiger partial charge in [-0.15, -0.1) is 0 Å². The fourth-order valence-corrected chi connectivity index (χ4v) is 4.75. The van der Waals surface area contributed by atoms with E-state index in [2.05, 4.69) is 5.73 Å². The van der Waals surface area contributed by atoms with Gasteiger partial charge in [0, 0.05) is 5.41 Å². The average molecular weight is 166 g/mol. The van der Waals surface area contributed by atoms with Gasteiger partial charge in [0.2, 0.25) is 0 Å². The second kappa shape index (κ2) is 2.25. The van der Waals surface area contributed by atoms with Crippen molar-refractivity contribution < 1.29 is 5.73 Å². The first-order valence-corrected chi connectivity index (χ1v) is 5.66. The lowest BCUT2D eigenvalue weighted by atomic mass is 9.68. The predicted octanol–water partition coefficient (Wildman–Crippen LogP) is 1.44. The molecule has 4 atom stereocenters.